The van der Waals surface area contributed by atoms with Crippen LogP contribution < -0.4 is 16.4 Å². The molecule has 0 aliphatic heterocycles. The number of benzene rings is 1. The number of nitrogen functional groups attached to an aromatic ring is 1. The fraction of sp³-hybridized carbons (Fsp3) is 0.188. The second-order valence-corrected chi connectivity index (χ2v) is 6.99. The molecule has 0 radical (unpaired) electrons. The van der Waals surface area contributed by atoms with Gasteiger partial charge in [-0.2, -0.15) is 0 Å². The molecule has 0 spiro atoms. The summed E-state index contributed by atoms with van der Waals surface area (Å²) >= 11 is 7.61. The minimum Gasteiger partial charge on any atom is -0.393 e. The summed E-state index contributed by atoms with van der Waals surface area (Å²) in [6, 6.07) is 5.60. The first kappa shape index (κ1) is 16.5. The van der Waals surface area contributed by atoms with Gasteiger partial charge in [-0.05, 0) is 38.5 Å². The lowest BCUT2D eigenvalue weighted by Crippen LogP contribution is -2.05. The normalized spacial score (nSPS) is 10.7. The van der Waals surface area contributed by atoms with Gasteiger partial charge in [0.25, 0.3) is 0 Å². The quantitative estimate of drug-likeness (QED) is 0.631. The smallest absolute Gasteiger partial charge is 0.188 e. The second-order valence-electron chi connectivity index (χ2n) is 5.35. The van der Waals surface area contributed by atoms with Crippen LogP contribution in [0.3, 0.4) is 0 Å². The van der Waals surface area contributed by atoms with Crippen molar-refractivity contribution in [1.82, 2.24) is 15.0 Å². The van der Waals surface area contributed by atoms with Gasteiger partial charge in [0.05, 0.1) is 5.69 Å². The third-order valence-corrected chi connectivity index (χ3v) is 4.81. The zero-order chi connectivity index (χ0) is 17.3. The number of thiazole rings is 1. The van der Waals surface area contributed by atoms with Gasteiger partial charge in [-0.15, -0.1) is 11.3 Å². The van der Waals surface area contributed by atoms with E-state index in [4.69, 9.17) is 17.3 Å². The van der Waals surface area contributed by atoms with E-state index >= 15 is 0 Å². The average Bonchev–Trinajstić information content (AvgIpc) is 2.85. The molecule has 124 valence electrons. The highest BCUT2D eigenvalue weighted by atomic mass is 35.5. The Morgan fingerprint density at radius 1 is 1.08 bits per heavy atom. The molecule has 8 heteroatoms. The van der Waals surface area contributed by atoms with Crippen molar-refractivity contribution in [2.45, 2.75) is 20.8 Å². The lowest BCUT2D eigenvalue weighted by molar-refractivity contribution is 1.16. The maximum atomic E-state index is 6.21. The van der Waals surface area contributed by atoms with Gasteiger partial charge in [0.15, 0.2) is 16.8 Å². The molecule has 4 N–H and O–H groups in total. The van der Waals surface area contributed by atoms with Crippen LogP contribution in [0.4, 0.5) is 28.1 Å². The average molecular weight is 361 g/mol. The largest absolute Gasteiger partial charge is 0.393 e. The third kappa shape index (κ3) is 3.42. The van der Waals surface area contributed by atoms with Crippen LogP contribution in [0.25, 0.3) is 0 Å². The number of hydrogen-bond acceptors (Lipinski definition) is 7. The number of halogens is 1. The third-order valence-electron chi connectivity index (χ3n) is 3.59. The molecule has 0 bridgehead atoms. The highest BCUT2D eigenvalue weighted by Crippen LogP contribution is 2.31. The molecular formula is C16H17ClN6S. The zero-order valence-electron chi connectivity index (χ0n) is 13.5. The van der Waals surface area contributed by atoms with Gasteiger partial charge in [0, 0.05) is 15.6 Å². The Kier molecular flexibility index (Phi) is 4.55. The van der Waals surface area contributed by atoms with Gasteiger partial charge in [-0.3, -0.25) is 0 Å². The maximum Gasteiger partial charge on any atom is 0.188 e. The summed E-state index contributed by atoms with van der Waals surface area (Å²) in [7, 11) is 0. The fourth-order valence-electron chi connectivity index (χ4n) is 2.08. The van der Waals surface area contributed by atoms with Crippen LogP contribution in [0.2, 0.25) is 5.02 Å². The molecule has 0 aliphatic rings. The molecule has 3 aromatic rings. The summed E-state index contributed by atoms with van der Waals surface area (Å²) in [4.78, 5) is 14.0. The van der Waals surface area contributed by atoms with Gasteiger partial charge >= 0.3 is 0 Å². The molecule has 2 heterocycles. The van der Waals surface area contributed by atoms with Crippen molar-refractivity contribution in [2.75, 3.05) is 16.4 Å². The lowest BCUT2D eigenvalue weighted by atomic mass is 10.2. The van der Waals surface area contributed by atoms with E-state index in [2.05, 4.69) is 25.6 Å². The van der Waals surface area contributed by atoms with E-state index in [1.54, 1.807) is 11.3 Å². The highest BCUT2D eigenvalue weighted by molar-refractivity contribution is 7.15. The van der Waals surface area contributed by atoms with Crippen LogP contribution in [-0.2, 0) is 0 Å². The minimum absolute atomic E-state index is 0.419. The van der Waals surface area contributed by atoms with E-state index in [9.17, 15) is 0 Å². The molecule has 6 nitrogen and oxygen atoms in total. The number of rotatable bonds is 4. The number of aromatic nitrogens is 3. The molecule has 0 amide bonds. The van der Waals surface area contributed by atoms with Gasteiger partial charge in [0.1, 0.15) is 12.0 Å². The number of nitrogens with two attached hydrogens (primary N) is 1. The molecule has 2 aromatic heterocycles. The van der Waals surface area contributed by atoms with Crippen molar-refractivity contribution in [3.05, 3.63) is 45.7 Å². The highest BCUT2D eigenvalue weighted by Gasteiger charge is 2.12. The van der Waals surface area contributed by atoms with E-state index in [0.29, 0.717) is 22.3 Å². The maximum absolute atomic E-state index is 6.21. The molecule has 0 fully saturated rings. The van der Waals surface area contributed by atoms with Crippen LogP contribution in [0.15, 0.2) is 24.5 Å². The van der Waals surface area contributed by atoms with Crippen molar-refractivity contribution in [3.8, 4) is 0 Å². The Bertz CT molecular complexity index is 873. The Balaban J connectivity index is 1.89. The Morgan fingerprint density at radius 3 is 2.46 bits per heavy atom. The SMILES string of the molecule is Cc1ccc(Cl)cc1Nc1ncnc(Nc2nc(C)c(C)s2)c1N. The predicted molar refractivity (Wildman–Crippen MR) is 101 cm³/mol. The lowest BCUT2D eigenvalue weighted by Gasteiger charge is -2.13. The topological polar surface area (TPSA) is 88.8 Å². The standard InChI is InChI=1S/C16H17ClN6S/c1-8-4-5-11(17)6-12(8)22-14-13(18)15(20-7-19-14)23-16-21-9(2)10(3)24-16/h4-7H,18H2,1-3H3,(H2,19,20,21,22,23). The predicted octanol–water partition coefficient (Wildman–Crippen LogP) is 4.58. The fourth-order valence-corrected chi connectivity index (χ4v) is 3.06. The van der Waals surface area contributed by atoms with Crippen molar-refractivity contribution < 1.29 is 0 Å². The summed E-state index contributed by atoms with van der Waals surface area (Å²) in [5.74, 6) is 1.03. The Labute approximate surface area is 149 Å². The van der Waals surface area contributed by atoms with Crippen LogP contribution >= 0.6 is 22.9 Å². The second kappa shape index (κ2) is 6.62. The summed E-state index contributed by atoms with van der Waals surface area (Å²) in [5, 5.41) is 7.75. The number of aryl methyl sites for hydroxylation is 3. The summed E-state index contributed by atoms with van der Waals surface area (Å²) in [5.41, 5.74) is 9.50. The van der Waals surface area contributed by atoms with E-state index in [-0.39, 0.29) is 0 Å². The first-order valence-corrected chi connectivity index (χ1v) is 8.48. The van der Waals surface area contributed by atoms with Crippen molar-refractivity contribution in [1.29, 1.82) is 0 Å². The number of nitrogens with zero attached hydrogens (tertiary/aromatic N) is 3. The summed E-state index contributed by atoms with van der Waals surface area (Å²) in [6.45, 7) is 5.97. The number of nitrogens with one attached hydrogen (secondary N) is 2. The monoisotopic (exact) mass is 360 g/mol. The van der Waals surface area contributed by atoms with Crippen LogP contribution in [0.1, 0.15) is 16.1 Å². The van der Waals surface area contributed by atoms with Gasteiger partial charge in [0.2, 0.25) is 0 Å². The van der Waals surface area contributed by atoms with E-state index < -0.39 is 0 Å². The molecule has 3 rings (SSSR count). The Morgan fingerprint density at radius 2 is 1.79 bits per heavy atom. The van der Waals surface area contributed by atoms with Crippen molar-refractivity contribution in [2.24, 2.45) is 0 Å². The van der Waals surface area contributed by atoms with E-state index in [0.717, 1.165) is 27.0 Å². The van der Waals surface area contributed by atoms with E-state index in [1.165, 1.54) is 6.33 Å². The number of anilines is 5. The van der Waals surface area contributed by atoms with Crippen LogP contribution in [0.5, 0.6) is 0 Å². The minimum atomic E-state index is 0.419. The Hall–Kier alpha value is -2.38. The number of hydrogen-bond donors (Lipinski definition) is 3. The molecular weight excluding hydrogens is 344 g/mol. The first-order chi connectivity index (χ1) is 11.4. The zero-order valence-corrected chi connectivity index (χ0v) is 15.1. The molecule has 0 saturated carbocycles. The molecule has 0 unspecified atom stereocenters. The first-order valence-electron chi connectivity index (χ1n) is 7.28. The molecule has 0 aliphatic carbocycles. The van der Waals surface area contributed by atoms with Gasteiger partial charge in [-0.25, -0.2) is 15.0 Å². The molecule has 24 heavy (non-hydrogen) atoms. The van der Waals surface area contributed by atoms with Gasteiger partial charge < -0.3 is 16.4 Å². The molecule has 0 atom stereocenters. The summed E-state index contributed by atoms with van der Waals surface area (Å²) < 4.78 is 0. The van der Waals surface area contributed by atoms with Crippen molar-refractivity contribution >= 4 is 51.1 Å². The van der Waals surface area contributed by atoms with E-state index in [1.807, 2.05) is 39.0 Å². The molecule has 0 saturated heterocycles. The molecule has 1 aromatic carbocycles. The van der Waals surface area contributed by atoms with Crippen molar-refractivity contribution in [3.63, 3.8) is 0 Å². The van der Waals surface area contributed by atoms with Crippen LogP contribution in [-0.4, -0.2) is 15.0 Å². The summed E-state index contributed by atoms with van der Waals surface area (Å²) in [6.07, 6.45) is 1.45. The van der Waals surface area contributed by atoms with Crippen LogP contribution in [0, 0.1) is 20.8 Å². The van der Waals surface area contributed by atoms with Gasteiger partial charge in [-0.1, -0.05) is 17.7 Å².